The Morgan fingerprint density at radius 1 is 1.17 bits per heavy atom. The zero-order chi connectivity index (χ0) is 12.5. The molecule has 0 unspecified atom stereocenters. The van der Waals surface area contributed by atoms with Crippen molar-refractivity contribution in [3.63, 3.8) is 0 Å². The predicted octanol–water partition coefficient (Wildman–Crippen LogP) is 2.36. The molecule has 3 N–H and O–H groups in total. The second kappa shape index (κ2) is 4.03. The maximum atomic E-state index is 5.64. The SMILES string of the molecule is Cc1cccn2nc(Nc3ccc(N)cc3)nc12. The van der Waals surface area contributed by atoms with Crippen LogP contribution in [0.15, 0.2) is 42.6 Å². The van der Waals surface area contributed by atoms with E-state index in [1.807, 2.05) is 49.5 Å². The summed E-state index contributed by atoms with van der Waals surface area (Å²) in [5, 5.41) is 7.50. The highest BCUT2D eigenvalue weighted by atomic mass is 15.3. The minimum Gasteiger partial charge on any atom is -0.399 e. The number of nitrogen functional groups attached to an aromatic ring is 1. The number of hydrogen-bond donors (Lipinski definition) is 2. The summed E-state index contributed by atoms with van der Waals surface area (Å²) in [7, 11) is 0. The van der Waals surface area contributed by atoms with Crippen LogP contribution >= 0.6 is 0 Å². The Kier molecular flexibility index (Phi) is 2.37. The van der Waals surface area contributed by atoms with Gasteiger partial charge in [0.05, 0.1) is 0 Å². The first-order valence-corrected chi connectivity index (χ1v) is 5.67. The molecule has 5 heteroatoms. The van der Waals surface area contributed by atoms with E-state index in [-0.39, 0.29) is 0 Å². The lowest BCUT2D eigenvalue weighted by Gasteiger charge is -2.00. The van der Waals surface area contributed by atoms with Gasteiger partial charge in [-0.25, -0.2) is 4.52 Å². The molecule has 0 bridgehead atoms. The molecule has 0 aliphatic rings. The van der Waals surface area contributed by atoms with Gasteiger partial charge in [-0.3, -0.25) is 0 Å². The summed E-state index contributed by atoms with van der Waals surface area (Å²) in [4.78, 5) is 4.44. The molecule has 0 fully saturated rings. The van der Waals surface area contributed by atoms with E-state index in [9.17, 15) is 0 Å². The Morgan fingerprint density at radius 2 is 1.94 bits per heavy atom. The van der Waals surface area contributed by atoms with Gasteiger partial charge >= 0.3 is 0 Å². The number of nitrogens with two attached hydrogens (primary N) is 1. The van der Waals surface area contributed by atoms with Crippen LogP contribution < -0.4 is 11.1 Å². The fraction of sp³-hybridized carbons (Fsp3) is 0.0769. The molecule has 0 spiro atoms. The Hall–Kier alpha value is -2.56. The zero-order valence-corrected chi connectivity index (χ0v) is 9.96. The lowest BCUT2D eigenvalue weighted by molar-refractivity contribution is 0.960. The third kappa shape index (κ3) is 1.86. The van der Waals surface area contributed by atoms with Crippen LogP contribution in [-0.4, -0.2) is 14.6 Å². The molecule has 0 saturated carbocycles. The van der Waals surface area contributed by atoms with Crippen LogP contribution in [0.25, 0.3) is 5.65 Å². The molecule has 0 aliphatic heterocycles. The minimum atomic E-state index is 0.578. The molecule has 2 aromatic heterocycles. The van der Waals surface area contributed by atoms with Gasteiger partial charge in [-0.2, -0.15) is 4.98 Å². The summed E-state index contributed by atoms with van der Waals surface area (Å²) in [6.45, 7) is 2.01. The highest BCUT2D eigenvalue weighted by Crippen LogP contribution is 2.16. The number of aryl methyl sites for hydroxylation is 1. The quantitative estimate of drug-likeness (QED) is 0.674. The van der Waals surface area contributed by atoms with Gasteiger partial charge in [-0.15, -0.1) is 5.10 Å². The largest absolute Gasteiger partial charge is 0.399 e. The van der Waals surface area contributed by atoms with Crippen molar-refractivity contribution >= 4 is 23.0 Å². The van der Waals surface area contributed by atoms with Crippen molar-refractivity contribution in [2.24, 2.45) is 0 Å². The normalized spacial score (nSPS) is 10.7. The van der Waals surface area contributed by atoms with Crippen LogP contribution in [-0.2, 0) is 0 Å². The van der Waals surface area contributed by atoms with Crippen molar-refractivity contribution in [2.75, 3.05) is 11.1 Å². The van der Waals surface area contributed by atoms with E-state index in [2.05, 4.69) is 15.4 Å². The van der Waals surface area contributed by atoms with E-state index in [0.717, 1.165) is 22.6 Å². The molecule has 0 radical (unpaired) electrons. The van der Waals surface area contributed by atoms with Crippen molar-refractivity contribution in [3.8, 4) is 0 Å². The lowest BCUT2D eigenvalue weighted by Crippen LogP contribution is -1.93. The Balaban J connectivity index is 1.95. The van der Waals surface area contributed by atoms with Crippen LogP contribution in [0, 0.1) is 6.92 Å². The molecule has 0 atom stereocenters. The first-order valence-electron chi connectivity index (χ1n) is 5.67. The first kappa shape index (κ1) is 10.6. The topological polar surface area (TPSA) is 68.2 Å². The maximum Gasteiger partial charge on any atom is 0.247 e. The Morgan fingerprint density at radius 3 is 2.67 bits per heavy atom. The summed E-state index contributed by atoms with van der Waals surface area (Å²) in [6.07, 6.45) is 1.88. The molecule has 3 aromatic rings. The molecule has 0 aliphatic carbocycles. The van der Waals surface area contributed by atoms with E-state index in [0.29, 0.717) is 5.95 Å². The van der Waals surface area contributed by atoms with Crippen molar-refractivity contribution < 1.29 is 0 Å². The maximum absolute atomic E-state index is 5.64. The molecular weight excluding hydrogens is 226 g/mol. The summed E-state index contributed by atoms with van der Waals surface area (Å²) < 4.78 is 1.76. The van der Waals surface area contributed by atoms with Gasteiger partial charge in [0.1, 0.15) is 0 Å². The second-order valence-electron chi connectivity index (χ2n) is 4.14. The molecule has 90 valence electrons. The molecule has 2 heterocycles. The molecule has 18 heavy (non-hydrogen) atoms. The summed E-state index contributed by atoms with van der Waals surface area (Å²) >= 11 is 0. The predicted molar refractivity (Wildman–Crippen MR) is 71.9 cm³/mol. The van der Waals surface area contributed by atoms with Gasteiger partial charge in [-0.1, -0.05) is 6.07 Å². The number of nitrogens with one attached hydrogen (secondary N) is 1. The lowest BCUT2D eigenvalue weighted by atomic mass is 10.3. The number of aromatic nitrogens is 3. The second-order valence-corrected chi connectivity index (χ2v) is 4.14. The number of pyridine rings is 1. The van der Waals surface area contributed by atoms with Gasteiger partial charge in [0.2, 0.25) is 5.95 Å². The number of benzene rings is 1. The van der Waals surface area contributed by atoms with Crippen molar-refractivity contribution in [3.05, 3.63) is 48.2 Å². The molecule has 0 saturated heterocycles. The molecule has 1 aromatic carbocycles. The Labute approximate surface area is 104 Å². The number of anilines is 3. The summed E-state index contributed by atoms with van der Waals surface area (Å²) in [5.74, 6) is 0.578. The third-order valence-electron chi connectivity index (χ3n) is 2.72. The average molecular weight is 239 g/mol. The standard InChI is InChI=1S/C13H13N5/c1-9-3-2-8-18-12(9)16-13(17-18)15-11-6-4-10(14)5-7-11/h2-8H,14H2,1H3,(H,15,17). The summed E-state index contributed by atoms with van der Waals surface area (Å²) in [5.41, 5.74) is 9.24. The third-order valence-corrected chi connectivity index (χ3v) is 2.72. The van der Waals surface area contributed by atoms with E-state index in [4.69, 9.17) is 5.73 Å². The first-order chi connectivity index (χ1) is 8.72. The van der Waals surface area contributed by atoms with Crippen LogP contribution in [0.5, 0.6) is 0 Å². The average Bonchev–Trinajstić information content (AvgIpc) is 2.76. The van der Waals surface area contributed by atoms with Crippen molar-refractivity contribution in [2.45, 2.75) is 6.92 Å². The van der Waals surface area contributed by atoms with Gasteiger partial charge in [0.25, 0.3) is 0 Å². The van der Waals surface area contributed by atoms with Crippen molar-refractivity contribution in [1.82, 2.24) is 14.6 Å². The Bertz CT molecular complexity index is 684. The smallest absolute Gasteiger partial charge is 0.247 e. The van der Waals surface area contributed by atoms with Gasteiger partial charge < -0.3 is 11.1 Å². The minimum absolute atomic E-state index is 0.578. The van der Waals surface area contributed by atoms with Gasteiger partial charge in [0, 0.05) is 17.6 Å². The van der Waals surface area contributed by atoms with E-state index >= 15 is 0 Å². The summed E-state index contributed by atoms with van der Waals surface area (Å²) in [6, 6.07) is 11.4. The highest BCUT2D eigenvalue weighted by molar-refractivity contribution is 5.59. The van der Waals surface area contributed by atoms with E-state index in [1.54, 1.807) is 4.52 Å². The molecule has 5 nitrogen and oxygen atoms in total. The van der Waals surface area contributed by atoms with Crippen LogP contribution in [0.2, 0.25) is 0 Å². The fourth-order valence-electron chi connectivity index (χ4n) is 1.79. The number of hydrogen-bond acceptors (Lipinski definition) is 4. The number of fused-ring (bicyclic) bond motifs is 1. The van der Waals surface area contributed by atoms with Crippen LogP contribution in [0.3, 0.4) is 0 Å². The fourth-order valence-corrected chi connectivity index (χ4v) is 1.79. The van der Waals surface area contributed by atoms with Gasteiger partial charge in [-0.05, 0) is 42.8 Å². The van der Waals surface area contributed by atoms with Crippen molar-refractivity contribution in [1.29, 1.82) is 0 Å². The number of rotatable bonds is 2. The molecule has 3 rings (SSSR count). The van der Waals surface area contributed by atoms with E-state index in [1.165, 1.54) is 0 Å². The molecular formula is C13H13N5. The van der Waals surface area contributed by atoms with Gasteiger partial charge in [0.15, 0.2) is 5.65 Å². The zero-order valence-electron chi connectivity index (χ0n) is 9.96. The van der Waals surface area contributed by atoms with Crippen LogP contribution in [0.1, 0.15) is 5.56 Å². The van der Waals surface area contributed by atoms with E-state index < -0.39 is 0 Å². The van der Waals surface area contributed by atoms with Crippen LogP contribution in [0.4, 0.5) is 17.3 Å². The monoisotopic (exact) mass is 239 g/mol. The number of nitrogens with zero attached hydrogens (tertiary/aromatic N) is 3. The highest BCUT2D eigenvalue weighted by Gasteiger charge is 2.05. The molecule has 0 amide bonds.